The summed E-state index contributed by atoms with van der Waals surface area (Å²) in [5, 5.41) is 19.3. The van der Waals surface area contributed by atoms with Gasteiger partial charge >= 0.3 is 5.97 Å². The highest BCUT2D eigenvalue weighted by Crippen LogP contribution is 2.26. The monoisotopic (exact) mass is 581 g/mol. The highest BCUT2D eigenvalue weighted by atomic mass is 16.5. The van der Waals surface area contributed by atoms with Gasteiger partial charge < -0.3 is 19.9 Å². The van der Waals surface area contributed by atoms with Crippen molar-refractivity contribution in [3.05, 3.63) is 47.7 Å². The molecule has 1 aromatic heterocycles. The van der Waals surface area contributed by atoms with Crippen LogP contribution in [0, 0.1) is 11.3 Å². The van der Waals surface area contributed by atoms with Crippen LogP contribution in [0.4, 0.5) is 0 Å². The number of pyridine rings is 1. The van der Waals surface area contributed by atoms with Crippen molar-refractivity contribution in [2.45, 2.75) is 77.9 Å². The minimum absolute atomic E-state index is 0.0663. The Labute approximate surface area is 247 Å². The third kappa shape index (κ3) is 7.33. The maximum atomic E-state index is 13.5. The van der Waals surface area contributed by atoms with E-state index in [0.717, 1.165) is 16.5 Å². The number of nitrogens with zero attached hydrogens (tertiary/aromatic N) is 2. The number of rotatable bonds is 3. The zero-order chi connectivity index (χ0) is 30.6. The topological polar surface area (TPSA) is 142 Å². The lowest BCUT2D eigenvalue weighted by atomic mass is 9.88. The van der Waals surface area contributed by atoms with Gasteiger partial charge in [0.2, 0.25) is 5.91 Å². The molecule has 1 fully saturated rings. The van der Waals surface area contributed by atoms with E-state index < -0.39 is 53.7 Å². The lowest BCUT2D eigenvalue weighted by Crippen LogP contribution is -2.63. The number of aliphatic hydroxyl groups is 1. The molecule has 4 N–H and O–H groups in total. The number of methoxy groups -OCH3 is 1. The van der Waals surface area contributed by atoms with E-state index in [9.17, 15) is 19.5 Å². The molecule has 2 aliphatic heterocycles. The number of hydrogen-bond acceptors (Lipinski definition) is 9. The SMILES string of the molecule is COC[C@H]1NC(=O)[C@H](C(C)C)NC(O)C(C)(C)/C=C/c2ccc3ccc(nc3c2)[C@@H](C)OC(=O)[C@@H]2CCCN(N2)C1=O. The summed E-state index contributed by atoms with van der Waals surface area (Å²) in [6.45, 7) is 9.52. The van der Waals surface area contributed by atoms with Crippen molar-refractivity contribution < 1.29 is 29.0 Å². The van der Waals surface area contributed by atoms with Gasteiger partial charge in [0.1, 0.15) is 24.4 Å². The molecule has 1 unspecified atom stereocenters. The molecule has 1 aromatic carbocycles. The van der Waals surface area contributed by atoms with Gasteiger partial charge in [-0.2, -0.15) is 0 Å². The zero-order valence-electron chi connectivity index (χ0n) is 25.2. The van der Waals surface area contributed by atoms with E-state index >= 15 is 0 Å². The Morgan fingerprint density at radius 3 is 2.64 bits per heavy atom. The van der Waals surface area contributed by atoms with Crippen molar-refractivity contribution in [1.29, 1.82) is 0 Å². The third-order valence-electron chi connectivity index (χ3n) is 7.83. The molecule has 0 saturated carbocycles. The Kier molecular flexibility index (Phi) is 9.98. The van der Waals surface area contributed by atoms with Crippen LogP contribution < -0.4 is 16.1 Å². The van der Waals surface area contributed by atoms with Crippen LogP contribution in [0.2, 0.25) is 0 Å². The van der Waals surface area contributed by atoms with E-state index in [1.54, 1.807) is 6.92 Å². The van der Waals surface area contributed by atoms with E-state index in [1.165, 1.54) is 12.1 Å². The number of carbonyl (C=O) groups excluding carboxylic acids is 3. The molecule has 1 saturated heterocycles. The van der Waals surface area contributed by atoms with Gasteiger partial charge in [-0.3, -0.25) is 24.7 Å². The lowest BCUT2D eigenvalue weighted by molar-refractivity contribution is -0.157. The van der Waals surface area contributed by atoms with E-state index in [0.29, 0.717) is 25.1 Å². The average molecular weight is 582 g/mol. The summed E-state index contributed by atoms with van der Waals surface area (Å²) >= 11 is 0. The normalized spacial score (nSPS) is 28.4. The van der Waals surface area contributed by atoms with E-state index in [4.69, 9.17) is 14.5 Å². The Morgan fingerprint density at radius 2 is 1.93 bits per heavy atom. The number of nitrogens with one attached hydrogen (secondary N) is 3. The van der Waals surface area contributed by atoms with Crippen LogP contribution in [0.5, 0.6) is 0 Å². The highest BCUT2D eigenvalue weighted by molar-refractivity contribution is 5.90. The molecule has 5 atom stereocenters. The molecule has 0 spiro atoms. The Morgan fingerprint density at radius 1 is 1.19 bits per heavy atom. The maximum Gasteiger partial charge on any atom is 0.325 e. The number of aromatic nitrogens is 1. The largest absolute Gasteiger partial charge is 0.455 e. The molecule has 0 aliphatic carbocycles. The molecule has 42 heavy (non-hydrogen) atoms. The quantitative estimate of drug-likeness (QED) is 0.402. The second-order valence-corrected chi connectivity index (χ2v) is 12.0. The van der Waals surface area contributed by atoms with E-state index in [2.05, 4.69) is 16.1 Å². The smallest absolute Gasteiger partial charge is 0.325 e. The number of amides is 2. The first-order valence-corrected chi connectivity index (χ1v) is 14.5. The van der Waals surface area contributed by atoms with Crippen molar-refractivity contribution in [1.82, 2.24) is 26.1 Å². The first-order chi connectivity index (χ1) is 19.9. The summed E-state index contributed by atoms with van der Waals surface area (Å²) < 4.78 is 11.0. The number of benzene rings is 1. The molecule has 2 aliphatic rings. The number of esters is 1. The van der Waals surface area contributed by atoms with Crippen molar-refractivity contribution in [3.8, 4) is 0 Å². The Bertz CT molecular complexity index is 1330. The molecular weight excluding hydrogens is 538 g/mol. The summed E-state index contributed by atoms with van der Waals surface area (Å²) in [4.78, 5) is 44.9. The fraction of sp³-hybridized carbons (Fsp3) is 0.548. The van der Waals surface area contributed by atoms with Crippen molar-refractivity contribution >= 4 is 34.8 Å². The number of fused-ring (bicyclic) bond motifs is 4. The van der Waals surface area contributed by atoms with E-state index in [1.807, 2.05) is 70.2 Å². The van der Waals surface area contributed by atoms with Gasteiger partial charge in [-0.1, -0.05) is 58.0 Å². The number of hydrogen-bond donors (Lipinski definition) is 4. The van der Waals surface area contributed by atoms with Gasteiger partial charge in [0, 0.05) is 24.5 Å². The van der Waals surface area contributed by atoms with Crippen molar-refractivity contribution in [3.63, 3.8) is 0 Å². The van der Waals surface area contributed by atoms with Gasteiger partial charge in [-0.25, -0.2) is 10.4 Å². The molecule has 4 rings (SSSR count). The second kappa shape index (κ2) is 13.3. The van der Waals surface area contributed by atoms with Crippen LogP contribution in [0.15, 0.2) is 36.4 Å². The summed E-state index contributed by atoms with van der Waals surface area (Å²) in [5.74, 6) is -1.56. The van der Waals surface area contributed by atoms with Gasteiger partial charge in [0.15, 0.2) is 0 Å². The number of hydrazine groups is 1. The number of carbonyl (C=O) groups is 3. The molecule has 0 radical (unpaired) electrons. The predicted octanol–water partition coefficient (Wildman–Crippen LogP) is 2.45. The molecule has 11 nitrogen and oxygen atoms in total. The standard InChI is InChI=1S/C31H43N5O6/c1-18(2)26-27(37)33-25(17-41-6)28(38)36-15-7-8-23(35-36)29(39)42-19(3)22-12-11-21-10-9-20(16-24(21)32-22)13-14-31(4,5)30(40)34-26/h9-14,16,18-19,23,25-26,30,34-35,40H,7-8,15,17H2,1-6H3,(H,33,37)/b14-13+/t19-,23+,25-,26+,30?/m1/s1. The first kappa shape index (κ1) is 31.6. The Balaban J connectivity index is 1.72. The summed E-state index contributed by atoms with van der Waals surface area (Å²) in [7, 11) is 1.45. The van der Waals surface area contributed by atoms with Crippen LogP contribution in [0.3, 0.4) is 0 Å². The van der Waals surface area contributed by atoms with Gasteiger partial charge in [0.05, 0.1) is 23.9 Å². The molecule has 11 heteroatoms. The molecule has 2 amide bonds. The molecule has 5 bridgehead atoms. The van der Waals surface area contributed by atoms with Gasteiger partial charge in [0.25, 0.3) is 5.91 Å². The van der Waals surface area contributed by atoms with Crippen LogP contribution in [-0.4, -0.2) is 77.5 Å². The maximum absolute atomic E-state index is 13.5. The summed E-state index contributed by atoms with van der Waals surface area (Å²) in [6.07, 6.45) is 3.16. The second-order valence-electron chi connectivity index (χ2n) is 12.0. The number of cyclic esters (lactones) is 1. The van der Waals surface area contributed by atoms with Crippen LogP contribution >= 0.6 is 0 Å². The predicted molar refractivity (Wildman–Crippen MR) is 159 cm³/mol. The summed E-state index contributed by atoms with van der Waals surface area (Å²) in [6, 6.07) is 7.10. The number of aliphatic hydroxyl groups excluding tert-OH is 1. The first-order valence-electron chi connectivity index (χ1n) is 14.5. The molecule has 3 heterocycles. The zero-order valence-corrected chi connectivity index (χ0v) is 25.2. The van der Waals surface area contributed by atoms with Crippen molar-refractivity contribution in [2.75, 3.05) is 20.3 Å². The molecule has 2 aromatic rings. The molecule has 228 valence electrons. The Hall–Kier alpha value is -3.38. The molecular formula is C31H43N5O6. The summed E-state index contributed by atoms with van der Waals surface area (Å²) in [5.41, 5.74) is 4.47. The number of ether oxygens (including phenoxy) is 2. The fourth-order valence-corrected chi connectivity index (χ4v) is 5.06. The van der Waals surface area contributed by atoms with Gasteiger partial charge in [-0.05, 0) is 43.4 Å². The third-order valence-corrected chi connectivity index (χ3v) is 7.83. The van der Waals surface area contributed by atoms with Crippen molar-refractivity contribution in [2.24, 2.45) is 11.3 Å². The van der Waals surface area contributed by atoms with Crippen LogP contribution in [0.25, 0.3) is 17.0 Å². The van der Waals surface area contributed by atoms with Gasteiger partial charge in [-0.15, -0.1) is 0 Å². The minimum Gasteiger partial charge on any atom is -0.455 e. The lowest BCUT2D eigenvalue weighted by Gasteiger charge is -2.36. The van der Waals surface area contributed by atoms with E-state index in [-0.39, 0.29) is 12.5 Å². The van der Waals surface area contributed by atoms with Crippen LogP contribution in [-0.2, 0) is 23.9 Å². The minimum atomic E-state index is -1.07. The van der Waals surface area contributed by atoms with Crippen LogP contribution in [0.1, 0.15) is 64.8 Å². The highest BCUT2D eigenvalue weighted by Gasteiger charge is 2.36. The average Bonchev–Trinajstić information content (AvgIpc) is 2.96. The fourth-order valence-electron chi connectivity index (χ4n) is 5.06.